The minimum atomic E-state index is -0.872. The van der Waals surface area contributed by atoms with Gasteiger partial charge >= 0.3 is 0 Å². The summed E-state index contributed by atoms with van der Waals surface area (Å²) in [6.45, 7) is 2.12. The molecule has 1 unspecified atom stereocenters. The van der Waals surface area contributed by atoms with Crippen LogP contribution in [0.4, 0.5) is 5.69 Å². The minimum absolute atomic E-state index is 0.0419. The highest BCUT2D eigenvalue weighted by molar-refractivity contribution is 5.56. The Labute approximate surface area is 177 Å². The highest BCUT2D eigenvalue weighted by atomic mass is 16.6. The second-order valence-corrected chi connectivity index (χ2v) is 7.22. The van der Waals surface area contributed by atoms with Crippen molar-refractivity contribution in [1.82, 2.24) is 4.57 Å². The van der Waals surface area contributed by atoms with Gasteiger partial charge in [-0.05, 0) is 18.1 Å². The van der Waals surface area contributed by atoms with E-state index in [-0.39, 0.29) is 34.0 Å². The molecule has 2 aromatic carbocycles. The van der Waals surface area contributed by atoms with Crippen LogP contribution in [0.15, 0.2) is 76.9 Å². The number of rotatable bonds is 4. The normalized spacial score (nSPS) is 15.0. The number of non-ortho nitro benzene ring substituents is 1. The first-order valence-electron chi connectivity index (χ1n) is 9.51. The zero-order chi connectivity index (χ0) is 22.1. The number of hydrogen-bond donors (Lipinski definition) is 1. The zero-order valence-electron chi connectivity index (χ0n) is 16.6. The van der Waals surface area contributed by atoms with E-state index in [4.69, 9.17) is 10.5 Å². The molecule has 0 saturated carbocycles. The van der Waals surface area contributed by atoms with Gasteiger partial charge in [0, 0.05) is 23.9 Å². The molecule has 4 rings (SSSR count). The van der Waals surface area contributed by atoms with E-state index in [9.17, 15) is 20.2 Å². The minimum Gasteiger partial charge on any atom is -0.440 e. The number of nitro benzene ring substituents is 1. The van der Waals surface area contributed by atoms with Crippen LogP contribution in [-0.2, 0) is 6.54 Å². The smallest absolute Gasteiger partial charge is 0.269 e. The van der Waals surface area contributed by atoms with Gasteiger partial charge in [0.15, 0.2) is 0 Å². The quantitative estimate of drug-likeness (QED) is 0.516. The molecule has 3 aromatic rings. The van der Waals surface area contributed by atoms with Crippen LogP contribution in [0.5, 0.6) is 5.75 Å². The van der Waals surface area contributed by atoms with Gasteiger partial charge in [-0.2, -0.15) is 5.26 Å². The molecule has 8 heteroatoms. The highest BCUT2D eigenvalue weighted by Crippen LogP contribution is 2.41. The zero-order valence-corrected chi connectivity index (χ0v) is 16.6. The molecule has 0 amide bonds. The molecule has 1 aliphatic heterocycles. The molecule has 0 bridgehead atoms. The van der Waals surface area contributed by atoms with Crippen molar-refractivity contribution in [2.45, 2.75) is 19.4 Å². The van der Waals surface area contributed by atoms with E-state index in [0.29, 0.717) is 17.8 Å². The summed E-state index contributed by atoms with van der Waals surface area (Å²) < 4.78 is 7.21. The SMILES string of the molecule is Cc1cc2c(c(=O)n1Cc1ccccc1)C(c1cccc([N+](=O)[O-])c1)C(C#N)=C(N)O2. The third-order valence-electron chi connectivity index (χ3n) is 5.29. The molecular weight excluding hydrogens is 396 g/mol. The molecule has 2 heterocycles. The number of hydrogen-bond acceptors (Lipinski definition) is 6. The maximum atomic E-state index is 13.6. The second kappa shape index (κ2) is 7.80. The van der Waals surface area contributed by atoms with Crippen LogP contribution in [0.1, 0.15) is 28.3 Å². The first-order chi connectivity index (χ1) is 14.9. The Kier molecular flexibility index (Phi) is 5.01. The van der Waals surface area contributed by atoms with Gasteiger partial charge in [0.05, 0.1) is 22.9 Å². The largest absolute Gasteiger partial charge is 0.440 e. The van der Waals surface area contributed by atoms with Gasteiger partial charge < -0.3 is 15.0 Å². The molecule has 31 heavy (non-hydrogen) atoms. The van der Waals surface area contributed by atoms with Gasteiger partial charge in [0.1, 0.15) is 17.4 Å². The molecule has 0 aliphatic carbocycles. The molecule has 0 radical (unpaired) electrons. The average Bonchev–Trinajstić information content (AvgIpc) is 2.76. The highest BCUT2D eigenvalue weighted by Gasteiger charge is 2.35. The number of allylic oxidation sites excluding steroid dienone is 1. The van der Waals surface area contributed by atoms with Gasteiger partial charge in [0.2, 0.25) is 5.88 Å². The Bertz CT molecular complexity index is 1320. The summed E-state index contributed by atoms with van der Waals surface area (Å²) in [7, 11) is 0. The lowest BCUT2D eigenvalue weighted by atomic mass is 9.84. The summed E-state index contributed by atoms with van der Waals surface area (Å²) >= 11 is 0. The summed E-state index contributed by atoms with van der Waals surface area (Å²) in [4.78, 5) is 24.3. The van der Waals surface area contributed by atoms with Gasteiger partial charge in [-0.25, -0.2) is 0 Å². The number of benzene rings is 2. The van der Waals surface area contributed by atoms with Crippen molar-refractivity contribution in [3.05, 3.63) is 115 Å². The fourth-order valence-corrected chi connectivity index (χ4v) is 3.80. The van der Waals surface area contributed by atoms with E-state index >= 15 is 0 Å². The average molecular weight is 414 g/mol. The van der Waals surface area contributed by atoms with Crippen LogP contribution in [-0.4, -0.2) is 9.49 Å². The first-order valence-corrected chi connectivity index (χ1v) is 9.51. The Hall–Kier alpha value is -4.38. The summed E-state index contributed by atoms with van der Waals surface area (Å²) in [5, 5.41) is 21.0. The number of nitrogens with zero attached hydrogens (tertiary/aromatic N) is 3. The number of pyridine rings is 1. The van der Waals surface area contributed by atoms with E-state index in [2.05, 4.69) is 0 Å². The standard InChI is InChI=1S/C23H18N4O4/c1-14-10-19-21(23(28)26(14)13-15-6-3-2-4-7-15)20(18(12-24)22(25)31-19)16-8-5-9-17(11-16)27(29)30/h2-11,20H,13,25H2,1H3. The maximum Gasteiger partial charge on any atom is 0.269 e. The summed E-state index contributed by atoms with van der Waals surface area (Å²) in [6, 6.07) is 19.1. The summed E-state index contributed by atoms with van der Waals surface area (Å²) in [6.07, 6.45) is 0. The fourth-order valence-electron chi connectivity index (χ4n) is 3.80. The maximum absolute atomic E-state index is 13.6. The fraction of sp³-hybridized carbons (Fsp3) is 0.130. The molecule has 1 aliphatic rings. The lowest BCUT2D eigenvalue weighted by Gasteiger charge is -2.27. The Morgan fingerprint density at radius 3 is 2.61 bits per heavy atom. The van der Waals surface area contributed by atoms with Crippen LogP contribution < -0.4 is 16.0 Å². The van der Waals surface area contributed by atoms with Crippen molar-refractivity contribution >= 4 is 5.69 Å². The summed E-state index contributed by atoms with van der Waals surface area (Å²) in [5.41, 5.74) is 7.80. The third kappa shape index (κ3) is 3.53. The van der Waals surface area contributed by atoms with Gasteiger partial charge in [-0.1, -0.05) is 42.5 Å². The molecule has 1 aromatic heterocycles. The van der Waals surface area contributed by atoms with Gasteiger partial charge in [-0.3, -0.25) is 14.9 Å². The van der Waals surface area contributed by atoms with E-state index in [1.165, 1.54) is 18.2 Å². The van der Waals surface area contributed by atoms with Crippen LogP contribution in [0.3, 0.4) is 0 Å². The Balaban J connectivity index is 1.94. The number of aryl methyl sites for hydroxylation is 1. The number of aromatic nitrogens is 1. The number of ether oxygens (including phenoxy) is 1. The van der Waals surface area contributed by atoms with E-state index < -0.39 is 10.8 Å². The first kappa shape index (κ1) is 19.9. The molecule has 154 valence electrons. The second-order valence-electron chi connectivity index (χ2n) is 7.22. The molecule has 0 fully saturated rings. The number of nitrogens with two attached hydrogens (primary N) is 1. The van der Waals surface area contributed by atoms with E-state index in [0.717, 1.165) is 5.56 Å². The lowest BCUT2D eigenvalue weighted by molar-refractivity contribution is -0.384. The molecule has 8 nitrogen and oxygen atoms in total. The molecule has 0 spiro atoms. The van der Waals surface area contributed by atoms with Crippen LogP contribution in [0.25, 0.3) is 0 Å². The van der Waals surface area contributed by atoms with Crippen LogP contribution in [0, 0.1) is 28.4 Å². The number of nitro groups is 1. The van der Waals surface area contributed by atoms with E-state index in [1.54, 1.807) is 23.6 Å². The third-order valence-corrected chi connectivity index (χ3v) is 5.29. The van der Waals surface area contributed by atoms with Crippen molar-refractivity contribution < 1.29 is 9.66 Å². The van der Waals surface area contributed by atoms with Gasteiger partial charge in [0.25, 0.3) is 11.2 Å². The van der Waals surface area contributed by atoms with Crippen molar-refractivity contribution in [1.29, 1.82) is 5.26 Å². The van der Waals surface area contributed by atoms with Crippen molar-refractivity contribution in [2.24, 2.45) is 5.73 Å². The lowest BCUT2D eigenvalue weighted by Crippen LogP contribution is -2.33. The number of fused-ring (bicyclic) bond motifs is 1. The van der Waals surface area contributed by atoms with Crippen molar-refractivity contribution in [2.75, 3.05) is 0 Å². The van der Waals surface area contributed by atoms with Crippen molar-refractivity contribution in [3.8, 4) is 11.8 Å². The predicted molar refractivity (Wildman–Crippen MR) is 113 cm³/mol. The number of nitriles is 1. The Morgan fingerprint density at radius 2 is 1.94 bits per heavy atom. The Morgan fingerprint density at radius 1 is 1.19 bits per heavy atom. The topological polar surface area (TPSA) is 124 Å². The van der Waals surface area contributed by atoms with E-state index in [1.807, 2.05) is 36.4 Å². The monoisotopic (exact) mass is 414 g/mol. The molecule has 2 N–H and O–H groups in total. The molecular formula is C23H18N4O4. The predicted octanol–water partition coefficient (Wildman–Crippen LogP) is 3.33. The van der Waals surface area contributed by atoms with Gasteiger partial charge in [-0.15, -0.1) is 0 Å². The molecule has 1 atom stereocenters. The van der Waals surface area contributed by atoms with Crippen molar-refractivity contribution in [3.63, 3.8) is 0 Å². The molecule has 0 saturated heterocycles. The summed E-state index contributed by atoms with van der Waals surface area (Å²) in [5.74, 6) is -0.741. The van der Waals surface area contributed by atoms with Crippen LogP contribution in [0.2, 0.25) is 0 Å². The van der Waals surface area contributed by atoms with Crippen LogP contribution >= 0.6 is 0 Å².